The van der Waals surface area contributed by atoms with E-state index in [0.29, 0.717) is 5.84 Å². The van der Waals surface area contributed by atoms with Crippen LogP contribution in [0.5, 0.6) is 0 Å². The summed E-state index contributed by atoms with van der Waals surface area (Å²) in [6, 6.07) is 0.822. The standard InChI is InChI=1S/C14H28N4O/c1-11-4-3-5-13(10-11)18-8-6-17(7-9-18)12(2)14(15)16-19/h11-13,19H,3-10H2,1-2H3,(H2,15,16). The first-order valence-corrected chi connectivity index (χ1v) is 7.57. The van der Waals surface area contributed by atoms with Crippen LogP contribution in [0.25, 0.3) is 0 Å². The van der Waals surface area contributed by atoms with Crippen LogP contribution in [-0.4, -0.2) is 59.1 Å². The van der Waals surface area contributed by atoms with Crippen molar-refractivity contribution in [2.24, 2.45) is 16.8 Å². The van der Waals surface area contributed by atoms with E-state index in [1.54, 1.807) is 0 Å². The van der Waals surface area contributed by atoms with Gasteiger partial charge in [0.1, 0.15) is 0 Å². The molecule has 2 rings (SSSR count). The Balaban J connectivity index is 1.82. The second kappa shape index (κ2) is 6.57. The van der Waals surface area contributed by atoms with E-state index in [0.717, 1.165) is 38.1 Å². The van der Waals surface area contributed by atoms with Crippen LogP contribution in [0.2, 0.25) is 0 Å². The fourth-order valence-corrected chi connectivity index (χ4v) is 3.49. The first kappa shape index (κ1) is 14.6. The highest BCUT2D eigenvalue weighted by atomic mass is 16.4. The van der Waals surface area contributed by atoms with Crippen LogP contribution >= 0.6 is 0 Å². The van der Waals surface area contributed by atoms with Gasteiger partial charge in [0.25, 0.3) is 0 Å². The van der Waals surface area contributed by atoms with Gasteiger partial charge in [0.15, 0.2) is 5.84 Å². The zero-order valence-corrected chi connectivity index (χ0v) is 12.3. The number of amidine groups is 1. The molecule has 0 spiro atoms. The molecule has 0 aromatic carbocycles. The average Bonchev–Trinajstić information content (AvgIpc) is 2.46. The summed E-state index contributed by atoms with van der Waals surface area (Å²) >= 11 is 0. The molecule has 2 fully saturated rings. The Morgan fingerprint density at radius 3 is 2.53 bits per heavy atom. The summed E-state index contributed by atoms with van der Waals surface area (Å²) in [6.07, 6.45) is 5.50. The minimum Gasteiger partial charge on any atom is -0.409 e. The first-order valence-electron chi connectivity index (χ1n) is 7.57. The molecule has 1 heterocycles. The number of oxime groups is 1. The topological polar surface area (TPSA) is 65.1 Å². The van der Waals surface area contributed by atoms with Crippen LogP contribution in [-0.2, 0) is 0 Å². The largest absolute Gasteiger partial charge is 0.409 e. The van der Waals surface area contributed by atoms with E-state index in [2.05, 4.69) is 21.9 Å². The molecule has 5 nitrogen and oxygen atoms in total. The number of rotatable bonds is 3. The van der Waals surface area contributed by atoms with Gasteiger partial charge in [-0.1, -0.05) is 24.9 Å². The van der Waals surface area contributed by atoms with Crippen molar-refractivity contribution in [2.45, 2.75) is 51.6 Å². The van der Waals surface area contributed by atoms with E-state index in [4.69, 9.17) is 10.9 Å². The Bertz CT molecular complexity index is 313. The maximum absolute atomic E-state index is 8.75. The van der Waals surface area contributed by atoms with Gasteiger partial charge in [-0.25, -0.2) is 0 Å². The molecule has 5 heteroatoms. The fourth-order valence-electron chi connectivity index (χ4n) is 3.49. The molecule has 2 aliphatic rings. The van der Waals surface area contributed by atoms with Crippen LogP contribution in [0, 0.1) is 5.92 Å². The number of hydrogen-bond donors (Lipinski definition) is 2. The minimum atomic E-state index is 0.0393. The number of hydrogen-bond acceptors (Lipinski definition) is 4. The summed E-state index contributed by atoms with van der Waals surface area (Å²) in [7, 11) is 0. The monoisotopic (exact) mass is 268 g/mol. The maximum Gasteiger partial charge on any atom is 0.156 e. The summed E-state index contributed by atoms with van der Waals surface area (Å²) in [5.41, 5.74) is 5.69. The van der Waals surface area contributed by atoms with E-state index in [1.165, 1.54) is 25.7 Å². The van der Waals surface area contributed by atoms with Gasteiger partial charge in [0, 0.05) is 32.2 Å². The molecule has 0 radical (unpaired) electrons. The van der Waals surface area contributed by atoms with Gasteiger partial charge in [-0.15, -0.1) is 0 Å². The van der Waals surface area contributed by atoms with Gasteiger partial charge >= 0.3 is 0 Å². The van der Waals surface area contributed by atoms with Crippen molar-refractivity contribution in [1.29, 1.82) is 0 Å². The third-order valence-electron chi connectivity index (χ3n) is 4.87. The second-order valence-electron chi connectivity index (χ2n) is 6.20. The molecule has 0 aromatic rings. The fraction of sp³-hybridized carbons (Fsp3) is 0.929. The zero-order chi connectivity index (χ0) is 13.8. The van der Waals surface area contributed by atoms with Crippen molar-refractivity contribution in [2.75, 3.05) is 26.2 Å². The molecular weight excluding hydrogens is 240 g/mol. The van der Waals surface area contributed by atoms with Gasteiger partial charge in [-0.05, 0) is 25.7 Å². The molecule has 3 unspecified atom stereocenters. The van der Waals surface area contributed by atoms with Crippen molar-refractivity contribution < 1.29 is 5.21 Å². The molecule has 1 aliphatic carbocycles. The number of piperazine rings is 1. The zero-order valence-electron chi connectivity index (χ0n) is 12.3. The summed E-state index contributed by atoms with van der Waals surface area (Å²) < 4.78 is 0. The van der Waals surface area contributed by atoms with Crippen LogP contribution in [0.1, 0.15) is 39.5 Å². The molecule has 0 bridgehead atoms. The van der Waals surface area contributed by atoms with Crippen molar-refractivity contribution in [1.82, 2.24) is 9.80 Å². The van der Waals surface area contributed by atoms with E-state index < -0.39 is 0 Å². The van der Waals surface area contributed by atoms with Gasteiger partial charge in [-0.2, -0.15) is 0 Å². The van der Waals surface area contributed by atoms with E-state index in [-0.39, 0.29) is 6.04 Å². The summed E-state index contributed by atoms with van der Waals surface area (Å²) in [6.45, 7) is 8.64. The lowest BCUT2D eigenvalue weighted by molar-refractivity contribution is 0.0629. The highest BCUT2D eigenvalue weighted by molar-refractivity contribution is 5.84. The average molecular weight is 268 g/mol. The molecule has 0 amide bonds. The molecule has 1 saturated heterocycles. The Morgan fingerprint density at radius 1 is 1.26 bits per heavy atom. The summed E-state index contributed by atoms with van der Waals surface area (Å²) in [4.78, 5) is 4.95. The lowest BCUT2D eigenvalue weighted by Crippen LogP contribution is -2.55. The lowest BCUT2D eigenvalue weighted by atomic mass is 9.86. The lowest BCUT2D eigenvalue weighted by Gasteiger charge is -2.43. The molecular formula is C14H28N4O. The van der Waals surface area contributed by atoms with Crippen LogP contribution in [0.3, 0.4) is 0 Å². The van der Waals surface area contributed by atoms with Crippen molar-refractivity contribution in [3.63, 3.8) is 0 Å². The maximum atomic E-state index is 8.75. The van der Waals surface area contributed by atoms with Gasteiger partial charge in [0.2, 0.25) is 0 Å². The summed E-state index contributed by atoms with van der Waals surface area (Å²) in [5, 5.41) is 11.9. The first-order chi connectivity index (χ1) is 9.11. The molecule has 19 heavy (non-hydrogen) atoms. The van der Waals surface area contributed by atoms with Crippen LogP contribution in [0.4, 0.5) is 0 Å². The summed E-state index contributed by atoms with van der Waals surface area (Å²) in [5.74, 6) is 1.20. The molecule has 1 saturated carbocycles. The quantitative estimate of drug-likeness (QED) is 0.351. The van der Waals surface area contributed by atoms with Gasteiger partial charge in [0.05, 0.1) is 6.04 Å². The third-order valence-corrected chi connectivity index (χ3v) is 4.87. The Labute approximate surface area is 116 Å². The SMILES string of the molecule is CC1CCCC(N2CCN(C(C)C(N)=NO)CC2)C1. The third kappa shape index (κ3) is 3.60. The molecule has 3 atom stereocenters. The van der Waals surface area contributed by atoms with E-state index in [1.807, 2.05) is 6.92 Å². The Kier molecular flexibility index (Phi) is 5.05. The van der Waals surface area contributed by atoms with Crippen molar-refractivity contribution >= 4 is 5.84 Å². The molecule has 1 aliphatic heterocycles. The molecule has 0 aromatic heterocycles. The van der Waals surface area contributed by atoms with Gasteiger partial charge < -0.3 is 10.9 Å². The molecule has 3 N–H and O–H groups in total. The van der Waals surface area contributed by atoms with Crippen molar-refractivity contribution in [3.8, 4) is 0 Å². The number of nitrogens with two attached hydrogens (primary N) is 1. The Morgan fingerprint density at radius 2 is 1.95 bits per heavy atom. The molecule has 110 valence electrons. The predicted molar refractivity (Wildman–Crippen MR) is 77.4 cm³/mol. The smallest absolute Gasteiger partial charge is 0.156 e. The van der Waals surface area contributed by atoms with Crippen LogP contribution in [0.15, 0.2) is 5.16 Å². The highest BCUT2D eigenvalue weighted by Crippen LogP contribution is 2.28. The van der Waals surface area contributed by atoms with E-state index >= 15 is 0 Å². The Hall–Kier alpha value is -0.810. The van der Waals surface area contributed by atoms with Crippen LogP contribution < -0.4 is 5.73 Å². The van der Waals surface area contributed by atoms with Gasteiger partial charge in [-0.3, -0.25) is 9.80 Å². The highest BCUT2D eigenvalue weighted by Gasteiger charge is 2.29. The van der Waals surface area contributed by atoms with E-state index in [9.17, 15) is 0 Å². The number of nitrogens with zero attached hydrogens (tertiary/aromatic N) is 3. The predicted octanol–water partition coefficient (Wildman–Crippen LogP) is 1.32. The van der Waals surface area contributed by atoms with Crippen molar-refractivity contribution in [3.05, 3.63) is 0 Å². The minimum absolute atomic E-state index is 0.0393. The second-order valence-corrected chi connectivity index (χ2v) is 6.20. The normalized spacial score (nSPS) is 33.3.